The van der Waals surface area contributed by atoms with E-state index in [4.69, 9.17) is 18.9 Å². The van der Waals surface area contributed by atoms with Gasteiger partial charge in [0.1, 0.15) is 24.4 Å². The molecule has 0 aliphatic carbocycles. The quantitative estimate of drug-likeness (QED) is 0.0878. The molecule has 10 nitrogen and oxygen atoms in total. The second-order valence-electron chi connectivity index (χ2n) is 17.1. The standard InChI is InChI=1S/2C27H25NO4/c2*1-27(2,3)32-26(30)28-24-21-15-9-7-13-19(21)23(20-14-8-10-16-22(20)24)25(29)31-17-18-11-5-4-6-12-18/h2*4-16H,17H2,1-3H3,(H,28,30). The molecule has 8 rings (SSSR count). The lowest BCUT2D eigenvalue weighted by Crippen LogP contribution is -2.27. The third-order valence-corrected chi connectivity index (χ3v) is 9.95. The van der Waals surface area contributed by atoms with Crippen molar-refractivity contribution < 1.29 is 38.1 Å². The van der Waals surface area contributed by atoms with Crippen molar-refractivity contribution in [2.75, 3.05) is 10.6 Å². The van der Waals surface area contributed by atoms with E-state index in [-0.39, 0.29) is 13.2 Å². The summed E-state index contributed by atoms with van der Waals surface area (Å²) in [4.78, 5) is 51.6. The van der Waals surface area contributed by atoms with E-state index in [1.807, 2.05) is 199 Å². The first-order chi connectivity index (χ1) is 30.7. The Labute approximate surface area is 372 Å². The zero-order valence-corrected chi connectivity index (χ0v) is 36.7. The minimum Gasteiger partial charge on any atom is -0.457 e. The maximum absolute atomic E-state index is 13.2. The lowest BCUT2D eigenvalue weighted by Gasteiger charge is -2.21. The van der Waals surface area contributed by atoms with E-state index in [1.54, 1.807) is 0 Å². The van der Waals surface area contributed by atoms with Gasteiger partial charge in [0.05, 0.1) is 22.5 Å². The van der Waals surface area contributed by atoms with Crippen LogP contribution in [0, 0.1) is 0 Å². The van der Waals surface area contributed by atoms with Crippen molar-refractivity contribution in [2.45, 2.75) is 66.0 Å². The number of ether oxygens (including phenoxy) is 4. The number of fused-ring (bicyclic) bond motifs is 4. The Morgan fingerprint density at radius 2 is 0.625 bits per heavy atom. The van der Waals surface area contributed by atoms with E-state index in [1.165, 1.54) is 0 Å². The van der Waals surface area contributed by atoms with Crippen molar-refractivity contribution in [3.63, 3.8) is 0 Å². The van der Waals surface area contributed by atoms with Crippen LogP contribution in [0.15, 0.2) is 158 Å². The molecule has 0 spiro atoms. The first-order valence-corrected chi connectivity index (χ1v) is 21.0. The highest BCUT2D eigenvalue weighted by molar-refractivity contribution is 6.25. The Morgan fingerprint density at radius 3 is 0.891 bits per heavy atom. The molecule has 2 amide bonds. The lowest BCUT2D eigenvalue weighted by atomic mass is 9.94. The Morgan fingerprint density at radius 1 is 0.375 bits per heavy atom. The minimum absolute atomic E-state index is 0.181. The van der Waals surface area contributed by atoms with Gasteiger partial charge in [0.25, 0.3) is 0 Å². The summed E-state index contributed by atoms with van der Waals surface area (Å²) in [6, 6.07) is 49.0. The van der Waals surface area contributed by atoms with Gasteiger partial charge in [-0.15, -0.1) is 0 Å². The SMILES string of the molecule is CC(C)(C)OC(=O)Nc1c2ccccc2c(C(=O)OCc2ccccc2)c2ccccc12.CC(C)(C)OC(=O)Nc1c2ccccc2c(C(=O)OCc2ccccc2)c2ccccc12. The summed E-state index contributed by atoms with van der Waals surface area (Å²) < 4.78 is 22.3. The van der Waals surface area contributed by atoms with Crippen LogP contribution in [-0.4, -0.2) is 35.3 Å². The number of hydrogen-bond acceptors (Lipinski definition) is 8. The molecule has 0 saturated carbocycles. The van der Waals surface area contributed by atoms with Gasteiger partial charge in [-0.25, -0.2) is 19.2 Å². The summed E-state index contributed by atoms with van der Waals surface area (Å²) in [5.74, 6) is -0.824. The third kappa shape index (κ3) is 10.7. The third-order valence-electron chi connectivity index (χ3n) is 9.95. The highest BCUT2D eigenvalue weighted by Gasteiger charge is 2.25. The predicted octanol–water partition coefficient (Wildman–Crippen LogP) is 13.4. The van der Waals surface area contributed by atoms with E-state index in [9.17, 15) is 19.2 Å². The van der Waals surface area contributed by atoms with Gasteiger partial charge in [0.15, 0.2) is 0 Å². The van der Waals surface area contributed by atoms with Crippen LogP contribution in [0.4, 0.5) is 21.0 Å². The monoisotopic (exact) mass is 854 g/mol. The van der Waals surface area contributed by atoms with Gasteiger partial charge in [0, 0.05) is 21.5 Å². The summed E-state index contributed by atoms with van der Waals surface area (Å²) in [7, 11) is 0. The van der Waals surface area contributed by atoms with Crippen molar-refractivity contribution in [2.24, 2.45) is 0 Å². The molecule has 0 aliphatic heterocycles. The number of hydrogen-bond donors (Lipinski definition) is 2. The normalized spacial score (nSPS) is 11.3. The highest BCUT2D eigenvalue weighted by Crippen LogP contribution is 2.39. The molecule has 0 atom stereocenters. The average Bonchev–Trinajstić information content (AvgIpc) is 3.27. The lowest BCUT2D eigenvalue weighted by molar-refractivity contribution is 0.0468. The van der Waals surface area contributed by atoms with Gasteiger partial charge in [-0.2, -0.15) is 0 Å². The maximum Gasteiger partial charge on any atom is 0.412 e. The molecule has 324 valence electrons. The highest BCUT2D eigenvalue weighted by atomic mass is 16.6. The average molecular weight is 855 g/mol. The van der Waals surface area contributed by atoms with Crippen molar-refractivity contribution in [1.82, 2.24) is 0 Å². The summed E-state index contributed by atoms with van der Waals surface area (Å²) in [6.07, 6.45) is -1.10. The van der Waals surface area contributed by atoms with Crippen molar-refractivity contribution in [1.29, 1.82) is 0 Å². The fourth-order valence-corrected chi connectivity index (χ4v) is 7.37. The number of rotatable bonds is 8. The van der Waals surface area contributed by atoms with Crippen LogP contribution in [0.25, 0.3) is 43.1 Å². The Balaban J connectivity index is 0.000000191. The largest absolute Gasteiger partial charge is 0.457 e. The molecule has 0 bridgehead atoms. The minimum atomic E-state index is -0.628. The molecular formula is C54H50N2O8. The molecule has 0 radical (unpaired) electrons. The summed E-state index contributed by atoms with van der Waals surface area (Å²) >= 11 is 0. The summed E-state index contributed by atoms with van der Waals surface area (Å²) in [6.45, 7) is 11.2. The summed E-state index contributed by atoms with van der Waals surface area (Å²) in [5, 5.41) is 11.6. The number of carbonyl (C=O) groups is 4. The van der Waals surface area contributed by atoms with E-state index in [0.29, 0.717) is 44.0 Å². The van der Waals surface area contributed by atoms with Gasteiger partial charge < -0.3 is 18.9 Å². The molecule has 0 fully saturated rings. The number of anilines is 2. The summed E-state index contributed by atoms with van der Waals surface area (Å²) in [5.41, 5.74) is 2.72. The fraction of sp³-hybridized carbons (Fsp3) is 0.185. The molecule has 8 aromatic rings. The van der Waals surface area contributed by atoms with Crippen LogP contribution in [-0.2, 0) is 32.2 Å². The molecule has 64 heavy (non-hydrogen) atoms. The van der Waals surface area contributed by atoms with E-state index in [0.717, 1.165) is 32.7 Å². The van der Waals surface area contributed by atoms with Gasteiger partial charge in [0.2, 0.25) is 0 Å². The molecule has 0 aromatic heterocycles. The molecule has 0 heterocycles. The van der Waals surface area contributed by atoms with Crippen LogP contribution in [0.1, 0.15) is 73.4 Å². The molecular weight excluding hydrogens is 805 g/mol. The molecule has 10 heteroatoms. The Kier molecular flexibility index (Phi) is 13.3. The van der Waals surface area contributed by atoms with Crippen LogP contribution >= 0.6 is 0 Å². The van der Waals surface area contributed by atoms with Gasteiger partial charge in [-0.05, 0) is 74.2 Å². The predicted molar refractivity (Wildman–Crippen MR) is 254 cm³/mol. The molecule has 8 aromatic carbocycles. The second-order valence-corrected chi connectivity index (χ2v) is 17.1. The second kappa shape index (κ2) is 19.1. The number of esters is 2. The smallest absolute Gasteiger partial charge is 0.412 e. The fourth-order valence-electron chi connectivity index (χ4n) is 7.37. The molecule has 0 saturated heterocycles. The Hall–Kier alpha value is -7.72. The first-order valence-electron chi connectivity index (χ1n) is 21.0. The number of nitrogens with one attached hydrogen (secondary N) is 2. The first kappa shape index (κ1) is 44.3. The van der Waals surface area contributed by atoms with Gasteiger partial charge >= 0.3 is 24.1 Å². The van der Waals surface area contributed by atoms with Crippen molar-refractivity contribution in [3.8, 4) is 0 Å². The maximum atomic E-state index is 13.2. The van der Waals surface area contributed by atoms with Crippen molar-refractivity contribution >= 4 is 78.6 Å². The van der Waals surface area contributed by atoms with Gasteiger partial charge in [-0.3, -0.25) is 10.6 Å². The topological polar surface area (TPSA) is 129 Å². The van der Waals surface area contributed by atoms with Crippen LogP contribution in [0.5, 0.6) is 0 Å². The van der Waals surface area contributed by atoms with E-state index in [2.05, 4.69) is 10.6 Å². The molecule has 2 N–H and O–H groups in total. The van der Waals surface area contributed by atoms with E-state index < -0.39 is 35.3 Å². The van der Waals surface area contributed by atoms with Crippen molar-refractivity contribution in [3.05, 3.63) is 180 Å². The zero-order chi connectivity index (χ0) is 45.4. The van der Waals surface area contributed by atoms with Crippen LogP contribution in [0.2, 0.25) is 0 Å². The zero-order valence-electron chi connectivity index (χ0n) is 36.7. The molecule has 0 aliphatic rings. The van der Waals surface area contributed by atoms with Gasteiger partial charge in [-0.1, -0.05) is 158 Å². The Bertz CT molecular complexity index is 2670. The van der Waals surface area contributed by atoms with Crippen LogP contribution in [0.3, 0.4) is 0 Å². The van der Waals surface area contributed by atoms with Crippen LogP contribution < -0.4 is 10.6 Å². The number of carbonyl (C=O) groups excluding carboxylic acids is 4. The number of amides is 2. The molecule has 0 unspecified atom stereocenters. The number of benzene rings is 8. The van der Waals surface area contributed by atoms with E-state index >= 15 is 0 Å².